The molecule has 2 aromatic rings. The Labute approximate surface area is 143 Å². The van der Waals surface area contributed by atoms with Crippen molar-refractivity contribution in [2.45, 2.75) is 6.54 Å². The Morgan fingerprint density at radius 2 is 1.70 bits per heavy atom. The van der Waals surface area contributed by atoms with Crippen LogP contribution in [-0.2, 0) is 11.3 Å². The van der Waals surface area contributed by atoms with Crippen molar-refractivity contribution in [1.82, 2.24) is 10.2 Å². The van der Waals surface area contributed by atoms with Crippen LogP contribution < -0.4 is 5.32 Å². The summed E-state index contributed by atoms with van der Waals surface area (Å²) in [4.78, 5) is 25.6. The Morgan fingerprint density at radius 3 is 2.39 bits per heavy atom. The molecule has 6 heteroatoms. The van der Waals surface area contributed by atoms with E-state index < -0.39 is 6.03 Å². The summed E-state index contributed by atoms with van der Waals surface area (Å²) in [6.07, 6.45) is 1.57. The van der Waals surface area contributed by atoms with E-state index in [1.807, 2.05) is 6.07 Å². The van der Waals surface area contributed by atoms with Crippen LogP contribution >= 0.6 is 23.2 Å². The largest absolute Gasteiger partial charge is 0.329 e. The van der Waals surface area contributed by atoms with E-state index in [2.05, 4.69) is 5.32 Å². The molecule has 1 N–H and O–H groups in total. The molecule has 1 heterocycles. The van der Waals surface area contributed by atoms with Gasteiger partial charge in [0.2, 0.25) is 0 Å². The van der Waals surface area contributed by atoms with Crippen molar-refractivity contribution in [1.29, 1.82) is 0 Å². The van der Waals surface area contributed by atoms with Crippen LogP contribution in [0, 0.1) is 0 Å². The third-order valence-corrected chi connectivity index (χ3v) is 4.02. The van der Waals surface area contributed by atoms with E-state index in [9.17, 15) is 9.59 Å². The SMILES string of the molecule is O=C1NC(=Cc2ccccc2Cl)C(=O)N1Cc1ccc(Cl)cc1. The molecule has 2 aromatic carbocycles. The number of imide groups is 1. The van der Waals surface area contributed by atoms with Crippen LogP contribution in [-0.4, -0.2) is 16.8 Å². The van der Waals surface area contributed by atoms with E-state index in [0.29, 0.717) is 15.6 Å². The maximum Gasteiger partial charge on any atom is 0.329 e. The highest BCUT2D eigenvalue weighted by Crippen LogP contribution is 2.21. The fraction of sp³-hybridized carbons (Fsp3) is 0.0588. The molecule has 0 bridgehead atoms. The first-order valence-electron chi connectivity index (χ1n) is 6.88. The summed E-state index contributed by atoms with van der Waals surface area (Å²) in [5, 5.41) is 3.69. The molecule has 3 rings (SSSR count). The highest BCUT2D eigenvalue weighted by atomic mass is 35.5. The van der Waals surface area contributed by atoms with Crippen molar-refractivity contribution in [3.63, 3.8) is 0 Å². The molecular weight excluding hydrogens is 335 g/mol. The lowest BCUT2D eigenvalue weighted by Crippen LogP contribution is -2.30. The van der Waals surface area contributed by atoms with Crippen LogP contribution in [0.3, 0.4) is 0 Å². The van der Waals surface area contributed by atoms with Crippen molar-refractivity contribution < 1.29 is 9.59 Å². The van der Waals surface area contributed by atoms with Crippen LogP contribution in [0.15, 0.2) is 54.2 Å². The Bertz CT molecular complexity index is 800. The van der Waals surface area contributed by atoms with E-state index in [0.717, 1.165) is 10.5 Å². The van der Waals surface area contributed by atoms with Gasteiger partial charge in [-0.25, -0.2) is 4.79 Å². The first kappa shape index (κ1) is 15.6. The zero-order chi connectivity index (χ0) is 16.4. The van der Waals surface area contributed by atoms with Gasteiger partial charge in [-0.3, -0.25) is 9.69 Å². The zero-order valence-corrected chi connectivity index (χ0v) is 13.4. The van der Waals surface area contributed by atoms with Gasteiger partial charge in [-0.05, 0) is 35.4 Å². The minimum Gasteiger partial charge on any atom is -0.303 e. The van der Waals surface area contributed by atoms with Crippen molar-refractivity contribution >= 4 is 41.2 Å². The van der Waals surface area contributed by atoms with E-state index in [1.165, 1.54) is 0 Å². The highest BCUT2D eigenvalue weighted by Gasteiger charge is 2.33. The smallest absolute Gasteiger partial charge is 0.303 e. The van der Waals surface area contributed by atoms with Crippen LogP contribution in [0.25, 0.3) is 6.08 Å². The monoisotopic (exact) mass is 346 g/mol. The lowest BCUT2D eigenvalue weighted by Gasteiger charge is -2.11. The number of hydrogen-bond acceptors (Lipinski definition) is 2. The average molecular weight is 347 g/mol. The molecule has 0 aromatic heterocycles. The standard InChI is InChI=1S/C17H12Cl2N2O2/c18-13-7-5-11(6-8-13)10-21-16(22)15(20-17(21)23)9-12-3-1-2-4-14(12)19/h1-9H,10H2,(H,20,23). The molecule has 1 saturated heterocycles. The lowest BCUT2D eigenvalue weighted by atomic mass is 10.2. The molecule has 23 heavy (non-hydrogen) atoms. The second-order valence-corrected chi connectivity index (χ2v) is 5.87. The van der Waals surface area contributed by atoms with Crippen molar-refractivity contribution in [2.24, 2.45) is 0 Å². The second-order valence-electron chi connectivity index (χ2n) is 5.03. The molecule has 1 aliphatic rings. The minimum atomic E-state index is -0.455. The number of carbonyl (C=O) groups is 2. The number of hydrogen-bond donors (Lipinski definition) is 1. The van der Waals surface area contributed by atoms with Gasteiger partial charge in [0, 0.05) is 10.0 Å². The van der Waals surface area contributed by atoms with Gasteiger partial charge >= 0.3 is 6.03 Å². The maximum atomic E-state index is 12.4. The van der Waals surface area contributed by atoms with Crippen molar-refractivity contribution in [3.8, 4) is 0 Å². The summed E-state index contributed by atoms with van der Waals surface area (Å²) >= 11 is 11.9. The third-order valence-electron chi connectivity index (χ3n) is 3.42. The average Bonchev–Trinajstić information content (AvgIpc) is 2.79. The van der Waals surface area contributed by atoms with Gasteiger partial charge in [-0.1, -0.05) is 53.5 Å². The van der Waals surface area contributed by atoms with Crippen LogP contribution in [0.2, 0.25) is 10.0 Å². The quantitative estimate of drug-likeness (QED) is 0.672. The summed E-state index contributed by atoms with van der Waals surface area (Å²) in [7, 11) is 0. The molecule has 0 unspecified atom stereocenters. The predicted octanol–water partition coefficient (Wildman–Crippen LogP) is 4.09. The Kier molecular flexibility index (Phi) is 4.37. The van der Waals surface area contributed by atoms with E-state index in [4.69, 9.17) is 23.2 Å². The maximum absolute atomic E-state index is 12.4. The number of amides is 3. The number of urea groups is 1. The van der Waals surface area contributed by atoms with E-state index in [-0.39, 0.29) is 18.1 Å². The van der Waals surface area contributed by atoms with Crippen LogP contribution in [0.4, 0.5) is 4.79 Å². The molecule has 116 valence electrons. The van der Waals surface area contributed by atoms with E-state index >= 15 is 0 Å². The first-order valence-corrected chi connectivity index (χ1v) is 7.64. The number of carbonyl (C=O) groups excluding carboxylic acids is 2. The summed E-state index contributed by atoms with van der Waals surface area (Å²) in [5.41, 5.74) is 1.69. The molecule has 3 amide bonds. The topological polar surface area (TPSA) is 49.4 Å². The molecule has 4 nitrogen and oxygen atoms in total. The van der Waals surface area contributed by atoms with Gasteiger partial charge in [0.15, 0.2) is 0 Å². The molecule has 0 atom stereocenters. The second kappa shape index (κ2) is 6.44. The van der Waals surface area contributed by atoms with Gasteiger partial charge in [0.05, 0.1) is 6.54 Å². The fourth-order valence-corrected chi connectivity index (χ4v) is 2.55. The van der Waals surface area contributed by atoms with Gasteiger partial charge in [0.25, 0.3) is 5.91 Å². The van der Waals surface area contributed by atoms with Crippen molar-refractivity contribution in [3.05, 3.63) is 75.4 Å². The highest BCUT2D eigenvalue weighted by molar-refractivity contribution is 6.32. The first-order chi connectivity index (χ1) is 11.0. The molecule has 1 fully saturated rings. The van der Waals surface area contributed by atoms with Crippen LogP contribution in [0.1, 0.15) is 11.1 Å². The van der Waals surface area contributed by atoms with Gasteiger partial charge in [0.1, 0.15) is 5.70 Å². The minimum absolute atomic E-state index is 0.182. The van der Waals surface area contributed by atoms with E-state index in [1.54, 1.807) is 48.5 Å². The molecule has 0 spiro atoms. The molecule has 0 aliphatic carbocycles. The number of nitrogens with zero attached hydrogens (tertiary/aromatic N) is 1. The Morgan fingerprint density at radius 1 is 1.00 bits per heavy atom. The number of halogens is 2. The molecule has 0 saturated carbocycles. The summed E-state index contributed by atoms with van der Waals surface area (Å²) in [6, 6.07) is 13.6. The number of benzene rings is 2. The van der Waals surface area contributed by atoms with Gasteiger partial charge in [-0.15, -0.1) is 0 Å². The molecule has 1 aliphatic heterocycles. The molecule has 0 radical (unpaired) electrons. The lowest BCUT2D eigenvalue weighted by molar-refractivity contribution is -0.123. The Hall–Kier alpha value is -2.30. The molecular formula is C17H12Cl2N2O2. The normalized spacial score (nSPS) is 16.1. The number of rotatable bonds is 3. The van der Waals surface area contributed by atoms with Crippen molar-refractivity contribution in [2.75, 3.05) is 0 Å². The van der Waals surface area contributed by atoms with Crippen LogP contribution in [0.5, 0.6) is 0 Å². The summed E-state index contributed by atoms with van der Waals surface area (Å²) in [6.45, 7) is 0.182. The van der Waals surface area contributed by atoms with Gasteiger partial charge in [-0.2, -0.15) is 0 Å². The third kappa shape index (κ3) is 3.38. The fourth-order valence-electron chi connectivity index (χ4n) is 2.24. The Balaban J connectivity index is 1.82. The predicted molar refractivity (Wildman–Crippen MR) is 90.0 cm³/mol. The zero-order valence-electron chi connectivity index (χ0n) is 11.9. The van der Waals surface area contributed by atoms with Gasteiger partial charge < -0.3 is 5.32 Å². The summed E-state index contributed by atoms with van der Waals surface area (Å²) < 4.78 is 0. The number of nitrogens with one attached hydrogen (secondary N) is 1. The summed E-state index contributed by atoms with van der Waals surface area (Å²) in [5.74, 6) is -0.384.